The molecule has 0 fully saturated rings. The summed E-state index contributed by atoms with van der Waals surface area (Å²) in [5.74, 6) is -0.931. The number of nitrogens with one attached hydrogen (secondary N) is 1. The van der Waals surface area contributed by atoms with Crippen LogP contribution >= 0.6 is 0 Å². The Morgan fingerprint density at radius 2 is 2.00 bits per heavy atom. The molecule has 0 aliphatic carbocycles. The van der Waals surface area contributed by atoms with Gasteiger partial charge in [-0.05, 0) is 31.1 Å². The van der Waals surface area contributed by atoms with Gasteiger partial charge in [0.05, 0.1) is 0 Å². The van der Waals surface area contributed by atoms with Crippen molar-refractivity contribution in [2.24, 2.45) is 0 Å². The topological polar surface area (TPSA) is 53.1 Å². The maximum Gasteiger partial charge on any atom is 0.328 e. The molecule has 0 radical (unpaired) electrons. The summed E-state index contributed by atoms with van der Waals surface area (Å²) in [6.45, 7) is 4.05. The molecule has 0 aliphatic heterocycles. The number of aryl methyl sites for hydroxylation is 2. The number of rotatable bonds is 2. The number of hydrogen-bond acceptors (Lipinski definition) is 1. The summed E-state index contributed by atoms with van der Waals surface area (Å²) in [7, 11) is 0. The Bertz CT molecular complexity index is 579. The van der Waals surface area contributed by atoms with Crippen molar-refractivity contribution in [3.05, 3.63) is 41.1 Å². The summed E-state index contributed by atoms with van der Waals surface area (Å²) < 4.78 is 0. The van der Waals surface area contributed by atoms with Crippen LogP contribution in [0.3, 0.4) is 0 Å². The van der Waals surface area contributed by atoms with E-state index in [9.17, 15) is 4.79 Å². The summed E-state index contributed by atoms with van der Waals surface area (Å²) in [6, 6.07) is 4.10. The normalized spacial score (nSPS) is 11.4. The molecule has 0 spiro atoms. The van der Waals surface area contributed by atoms with E-state index in [1.807, 2.05) is 26.1 Å². The van der Waals surface area contributed by atoms with Crippen molar-refractivity contribution in [1.29, 1.82) is 0 Å². The maximum atomic E-state index is 10.5. The van der Waals surface area contributed by atoms with Crippen LogP contribution in [-0.2, 0) is 4.79 Å². The number of H-pyrrole nitrogens is 1. The third-order valence-electron chi connectivity index (χ3n) is 2.69. The zero-order valence-electron chi connectivity index (χ0n) is 9.24. The molecule has 2 rings (SSSR count). The van der Waals surface area contributed by atoms with Gasteiger partial charge in [-0.2, -0.15) is 0 Å². The highest BCUT2D eigenvalue weighted by Crippen LogP contribution is 2.25. The summed E-state index contributed by atoms with van der Waals surface area (Å²) in [5.41, 5.74) is 4.30. The van der Waals surface area contributed by atoms with Crippen molar-refractivity contribution in [3.8, 4) is 0 Å². The van der Waals surface area contributed by atoms with E-state index in [0.717, 1.165) is 33.7 Å². The average molecular weight is 215 g/mol. The first-order valence-electron chi connectivity index (χ1n) is 5.08. The van der Waals surface area contributed by atoms with Crippen LogP contribution < -0.4 is 0 Å². The molecule has 0 aliphatic rings. The van der Waals surface area contributed by atoms with E-state index in [1.165, 1.54) is 0 Å². The number of hydrogen-bond donors (Lipinski definition) is 2. The molecule has 1 aromatic carbocycles. The Morgan fingerprint density at radius 1 is 1.31 bits per heavy atom. The fourth-order valence-electron chi connectivity index (χ4n) is 1.88. The molecule has 1 aromatic heterocycles. The molecule has 0 saturated carbocycles. The Balaban J connectivity index is 2.64. The standard InChI is InChI=1S/C13H13NO2/c1-8-3-4-9(2)13-12(8)10(7-14-13)5-6-11(15)16/h3-7,14H,1-2H3,(H,15,16)/b6-5+. The van der Waals surface area contributed by atoms with E-state index < -0.39 is 5.97 Å². The van der Waals surface area contributed by atoms with Crippen molar-refractivity contribution in [2.75, 3.05) is 0 Å². The van der Waals surface area contributed by atoms with Crippen LogP contribution in [0.15, 0.2) is 24.4 Å². The minimum Gasteiger partial charge on any atom is -0.478 e. The molecular formula is C13H13NO2. The van der Waals surface area contributed by atoms with Crippen LogP contribution in [0.4, 0.5) is 0 Å². The molecule has 0 atom stereocenters. The summed E-state index contributed by atoms with van der Waals surface area (Å²) >= 11 is 0. The van der Waals surface area contributed by atoms with E-state index in [4.69, 9.17) is 5.11 Å². The monoisotopic (exact) mass is 215 g/mol. The second-order valence-corrected chi connectivity index (χ2v) is 3.86. The molecule has 3 heteroatoms. The lowest BCUT2D eigenvalue weighted by Gasteiger charge is -2.00. The minimum absolute atomic E-state index is 0.915. The number of carbonyl (C=O) groups is 1. The Morgan fingerprint density at radius 3 is 2.69 bits per heavy atom. The lowest BCUT2D eigenvalue weighted by atomic mass is 10.0. The number of carboxylic acids is 1. The van der Waals surface area contributed by atoms with Gasteiger partial charge in [0.1, 0.15) is 0 Å². The van der Waals surface area contributed by atoms with Gasteiger partial charge in [0, 0.05) is 28.7 Å². The van der Waals surface area contributed by atoms with Crippen molar-refractivity contribution in [3.63, 3.8) is 0 Å². The number of aromatic nitrogens is 1. The largest absolute Gasteiger partial charge is 0.478 e. The van der Waals surface area contributed by atoms with E-state index in [1.54, 1.807) is 6.08 Å². The maximum absolute atomic E-state index is 10.5. The predicted octanol–water partition coefficient (Wildman–Crippen LogP) is 2.88. The average Bonchev–Trinajstić information content (AvgIpc) is 2.65. The molecule has 1 heterocycles. The highest BCUT2D eigenvalue weighted by atomic mass is 16.4. The van der Waals surface area contributed by atoms with Gasteiger partial charge in [-0.15, -0.1) is 0 Å². The van der Waals surface area contributed by atoms with Crippen molar-refractivity contribution in [1.82, 2.24) is 4.98 Å². The van der Waals surface area contributed by atoms with Crippen molar-refractivity contribution in [2.45, 2.75) is 13.8 Å². The summed E-state index contributed by atoms with van der Waals surface area (Å²) in [4.78, 5) is 13.7. The Hall–Kier alpha value is -2.03. The van der Waals surface area contributed by atoms with Gasteiger partial charge < -0.3 is 10.1 Å². The minimum atomic E-state index is -0.931. The van der Waals surface area contributed by atoms with Gasteiger partial charge in [0.25, 0.3) is 0 Å². The second kappa shape index (κ2) is 3.85. The van der Waals surface area contributed by atoms with Crippen LogP contribution in [0.2, 0.25) is 0 Å². The molecule has 16 heavy (non-hydrogen) atoms. The van der Waals surface area contributed by atoms with Crippen LogP contribution in [-0.4, -0.2) is 16.1 Å². The zero-order valence-corrected chi connectivity index (χ0v) is 9.24. The molecule has 0 bridgehead atoms. The molecule has 2 N–H and O–H groups in total. The third kappa shape index (κ3) is 1.72. The smallest absolute Gasteiger partial charge is 0.328 e. The van der Waals surface area contributed by atoms with Crippen LogP contribution in [0.25, 0.3) is 17.0 Å². The lowest BCUT2D eigenvalue weighted by molar-refractivity contribution is -0.131. The van der Waals surface area contributed by atoms with Gasteiger partial charge in [0.2, 0.25) is 0 Å². The number of benzene rings is 1. The zero-order chi connectivity index (χ0) is 11.7. The van der Waals surface area contributed by atoms with Gasteiger partial charge in [-0.25, -0.2) is 4.79 Å². The number of aliphatic carboxylic acids is 1. The fraction of sp³-hybridized carbons (Fsp3) is 0.154. The van der Waals surface area contributed by atoms with Crippen LogP contribution in [0.5, 0.6) is 0 Å². The first-order chi connectivity index (χ1) is 7.59. The van der Waals surface area contributed by atoms with Crippen LogP contribution in [0.1, 0.15) is 16.7 Å². The van der Waals surface area contributed by atoms with Crippen molar-refractivity contribution >= 4 is 22.9 Å². The number of fused-ring (bicyclic) bond motifs is 1. The Kier molecular flexibility index (Phi) is 2.52. The van der Waals surface area contributed by atoms with E-state index >= 15 is 0 Å². The molecule has 2 aromatic rings. The van der Waals surface area contributed by atoms with Gasteiger partial charge in [-0.1, -0.05) is 12.1 Å². The SMILES string of the molecule is Cc1ccc(C)c2c(/C=C/C(=O)O)c[nH]c12. The van der Waals surface area contributed by atoms with E-state index in [-0.39, 0.29) is 0 Å². The third-order valence-corrected chi connectivity index (χ3v) is 2.69. The summed E-state index contributed by atoms with van der Waals surface area (Å²) in [5, 5.41) is 9.71. The fourth-order valence-corrected chi connectivity index (χ4v) is 1.88. The quantitative estimate of drug-likeness (QED) is 0.757. The molecule has 0 saturated heterocycles. The first kappa shape index (κ1) is 10.5. The van der Waals surface area contributed by atoms with Gasteiger partial charge in [0.15, 0.2) is 0 Å². The van der Waals surface area contributed by atoms with E-state index in [2.05, 4.69) is 11.1 Å². The highest BCUT2D eigenvalue weighted by molar-refractivity contribution is 5.96. The molecule has 0 unspecified atom stereocenters. The second-order valence-electron chi connectivity index (χ2n) is 3.86. The van der Waals surface area contributed by atoms with Gasteiger partial charge in [-0.3, -0.25) is 0 Å². The summed E-state index contributed by atoms with van der Waals surface area (Å²) in [6.07, 6.45) is 4.61. The van der Waals surface area contributed by atoms with E-state index in [0.29, 0.717) is 0 Å². The van der Waals surface area contributed by atoms with Crippen molar-refractivity contribution < 1.29 is 9.90 Å². The molecular weight excluding hydrogens is 202 g/mol. The molecule has 3 nitrogen and oxygen atoms in total. The lowest BCUT2D eigenvalue weighted by Crippen LogP contribution is -1.85. The predicted molar refractivity (Wildman–Crippen MR) is 64.4 cm³/mol. The Labute approximate surface area is 93.4 Å². The first-order valence-corrected chi connectivity index (χ1v) is 5.08. The van der Waals surface area contributed by atoms with Crippen LogP contribution in [0, 0.1) is 13.8 Å². The molecule has 0 amide bonds. The number of aromatic amines is 1. The highest BCUT2D eigenvalue weighted by Gasteiger charge is 2.06. The van der Waals surface area contributed by atoms with Gasteiger partial charge >= 0.3 is 5.97 Å². The molecule has 82 valence electrons. The number of carboxylic acid groups (broad SMARTS) is 1.